The van der Waals surface area contributed by atoms with Crippen LogP contribution in [0.25, 0.3) is 0 Å². The van der Waals surface area contributed by atoms with Crippen LogP contribution in [-0.4, -0.2) is 43.3 Å². The highest BCUT2D eigenvalue weighted by atomic mass is 16.5. The van der Waals surface area contributed by atoms with Gasteiger partial charge in [-0.25, -0.2) is 9.59 Å². The van der Waals surface area contributed by atoms with Crippen molar-refractivity contribution < 1.29 is 24.2 Å². The summed E-state index contributed by atoms with van der Waals surface area (Å²) in [6, 6.07) is 5.28. The van der Waals surface area contributed by atoms with Crippen molar-refractivity contribution in [2.45, 2.75) is 45.2 Å². The zero-order valence-electron chi connectivity index (χ0n) is 14.1. The molecule has 0 amide bonds. The van der Waals surface area contributed by atoms with Crippen LogP contribution in [0.1, 0.15) is 53.8 Å². The van der Waals surface area contributed by atoms with E-state index in [1.54, 1.807) is 0 Å². The first-order valence-corrected chi connectivity index (χ1v) is 7.64. The van der Waals surface area contributed by atoms with Crippen molar-refractivity contribution in [3.63, 3.8) is 0 Å². The normalized spacial score (nSPS) is 13.6. The fourth-order valence-corrected chi connectivity index (χ4v) is 2.15. The van der Waals surface area contributed by atoms with E-state index in [1.165, 1.54) is 45.6 Å². The molecule has 0 unspecified atom stereocenters. The second-order valence-electron chi connectivity index (χ2n) is 5.66. The predicted molar refractivity (Wildman–Crippen MR) is 86.7 cm³/mol. The average molecular weight is 323 g/mol. The van der Waals surface area contributed by atoms with Crippen LogP contribution in [0, 0.1) is 0 Å². The van der Waals surface area contributed by atoms with Gasteiger partial charge in [0, 0.05) is 12.1 Å². The predicted octanol–water partition coefficient (Wildman–Crippen LogP) is 2.50. The van der Waals surface area contributed by atoms with Crippen LogP contribution in [-0.2, 0) is 9.47 Å². The molecule has 23 heavy (non-hydrogen) atoms. The fourth-order valence-electron chi connectivity index (χ4n) is 2.15. The molecule has 0 spiro atoms. The van der Waals surface area contributed by atoms with Gasteiger partial charge in [-0.15, -0.1) is 0 Å². The Morgan fingerprint density at radius 2 is 1.70 bits per heavy atom. The summed E-state index contributed by atoms with van der Waals surface area (Å²) in [6.07, 6.45) is 4.24. The molecule has 0 atom stereocenters. The number of benzene rings is 1. The van der Waals surface area contributed by atoms with Crippen LogP contribution in [0.15, 0.2) is 18.2 Å². The van der Waals surface area contributed by atoms with Gasteiger partial charge in [0.15, 0.2) is 0 Å². The van der Waals surface area contributed by atoms with Crippen LogP contribution in [0.5, 0.6) is 5.75 Å². The highest BCUT2D eigenvalue weighted by Crippen LogP contribution is 2.19. The monoisotopic (exact) mass is 323 g/mol. The Labute approximate surface area is 136 Å². The number of esters is 2. The second-order valence-corrected chi connectivity index (χ2v) is 5.66. The molecule has 1 aromatic carbocycles. The summed E-state index contributed by atoms with van der Waals surface area (Å²) < 4.78 is 8.95. The lowest BCUT2D eigenvalue weighted by atomic mass is 9.93. The molecule has 128 valence electrons. The summed E-state index contributed by atoms with van der Waals surface area (Å²) in [5.74, 6) is -1.48. The first-order valence-electron chi connectivity index (χ1n) is 7.64. The molecule has 0 bridgehead atoms. The summed E-state index contributed by atoms with van der Waals surface area (Å²) in [6.45, 7) is 4.41. The SMILES string of the molecule is CC(C)NC1CCC1.COC(=O)c1ccc(O)cc1C(=O)OC. The van der Waals surface area contributed by atoms with Crippen molar-refractivity contribution in [2.75, 3.05) is 14.2 Å². The summed E-state index contributed by atoms with van der Waals surface area (Å²) in [5, 5.41) is 12.7. The number of carbonyl (C=O) groups excluding carboxylic acids is 2. The number of aromatic hydroxyl groups is 1. The Hall–Kier alpha value is -2.08. The van der Waals surface area contributed by atoms with E-state index < -0.39 is 11.9 Å². The van der Waals surface area contributed by atoms with E-state index in [1.807, 2.05) is 0 Å². The molecule has 6 nitrogen and oxygen atoms in total. The highest BCUT2D eigenvalue weighted by molar-refractivity contribution is 6.03. The summed E-state index contributed by atoms with van der Waals surface area (Å²) in [5.41, 5.74) is 0.0338. The zero-order valence-corrected chi connectivity index (χ0v) is 14.1. The van der Waals surface area contributed by atoms with Gasteiger partial charge in [0.1, 0.15) is 5.75 Å². The number of carbonyl (C=O) groups is 2. The van der Waals surface area contributed by atoms with E-state index >= 15 is 0 Å². The van der Waals surface area contributed by atoms with Crippen molar-refractivity contribution in [3.05, 3.63) is 29.3 Å². The van der Waals surface area contributed by atoms with Gasteiger partial charge in [0.25, 0.3) is 0 Å². The van der Waals surface area contributed by atoms with Crippen LogP contribution < -0.4 is 5.32 Å². The van der Waals surface area contributed by atoms with Crippen molar-refractivity contribution in [1.29, 1.82) is 0 Å². The van der Waals surface area contributed by atoms with Crippen LogP contribution in [0.2, 0.25) is 0 Å². The molecule has 1 saturated carbocycles. The maximum atomic E-state index is 11.3. The third-order valence-electron chi connectivity index (χ3n) is 3.49. The molecule has 0 radical (unpaired) electrons. The zero-order chi connectivity index (χ0) is 17.4. The van der Waals surface area contributed by atoms with Crippen molar-refractivity contribution >= 4 is 11.9 Å². The minimum Gasteiger partial charge on any atom is -0.508 e. The van der Waals surface area contributed by atoms with Crippen molar-refractivity contribution in [3.8, 4) is 5.75 Å². The largest absolute Gasteiger partial charge is 0.508 e. The molecule has 1 fully saturated rings. The Morgan fingerprint density at radius 1 is 1.13 bits per heavy atom. The summed E-state index contributed by atoms with van der Waals surface area (Å²) in [4.78, 5) is 22.5. The number of nitrogens with one attached hydrogen (secondary N) is 1. The average Bonchev–Trinajstić information content (AvgIpc) is 2.50. The Bertz CT molecular complexity index is 538. The molecule has 2 N–H and O–H groups in total. The minimum atomic E-state index is -0.702. The van der Waals surface area contributed by atoms with Gasteiger partial charge in [0.2, 0.25) is 0 Å². The van der Waals surface area contributed by atoms with E-state index in [-0.39, 0.29) is 16.9 Å². The van der Waals surface area contributed by atoms with Gasteiger partial charge in [-0.1, -0.05) is 20.3 Å². The molecular weight excluding hydrogens is 298 g/mol. The van der Waals surface area contributed by atoms with E-state index in [0.29, 0.717) is 6.04 Å². The summed E-state index contributed by atoms with van der Waals surface area (Å²) >= 11 is 0. The summed E-state index contributed by atoms with van der Waals surface area (Å²) in [7, 11) is 2.39. The molecule has 6 heteroatoms. The van der Waals surface area contributed by atoms with Crippen LogP contribution in [0.3, 0.4) is 0 Å². The lowest BCUT2D eigenvalue weighted by Crippen LogP contribution is -2.39. The van der Waals surface area contributed by atoms with Crippen LogP contribution in [0.4, 0.5) is 0 Å². The van der Waals surface area contributed by atoms with Crippen molar-refractivity contribution in [2.24, 2.45) is 0 Å². The number of phenolic OH excluding ortho intramolecular Hbond substituents is 1. The van der Waals surface area contributed by atoms with Gasteiger partial charge in [-0.3, -0.25) is 0 Å². The van der Waals surface area contributed by atoms with Crippen LogP contribution >= 0.6 is 0 Å². The maximum absolute atomic E-state index is 11.3. The quantitative estimate of drug-likeness (QED) is 0.828. The van der Waals surface area contributed by atoms with Crippen molar-refractivity contribution in [1.82, 2.24) is 5.32 Å². The standard InChI is InChI=1S/C10H10O5.C7H15N/c1-14-9(12)7-4-3-6(11)5-8(7)10(13)15-2;1-6(2)8-7-4-3-5-7/h3-5,11H,1-2H3;6-8H,3-5H2,1-2H3. The van der Waals surface area contributed by atoms with E-state index in [9.17, 15) is 14.7 Å². The van der Waals surface area contributed by atoms with Gasteiger partial charge in [-0.2, -0.15) is 0 Å². The lowest BCUT2D eigenvalue weighted by molar-refractivity contribution is 0.0555. The molecule has 0 heterocycles. The highest BCUT2D eigenvalue weighted by Gasteiger charge is 2.18. The van der Waals surface area contributed by atoms with Gasteiger partial charge in [-0.05, 0) is 31.0 Å². The van der Waals surface area contributed by atoms with E-state index in [2.05, 4.69) is 28.6 Å². The van der Waals surface area contributed by atoms with E-state index in [0.717, 1.165) is 12.1 Å². The fraction of sp³-hybridized carbons (Fsp3) is 0.529. The third kappa shape index (κ3) is 5.90. The molecular formula is C17H25NO5. The number of phenols is 1. The number of ether oxygens (including phenoxy) is 2. The lowest BCUT2D eigenvalue weighted by Gasteiger charge is -2.28. The number of rotatable bonds is 4. The van der Waals surface area contributed by atoms with Gasteiger partial charge in [0.05, 0.1) is 25.3 Å². The Balaban J connectivity index is 0.000000277. The number of methoxy groups -OCH3 is 2. The molecule has 0 saturated heterocycles. The molecule has 1 aliphatic carbocycles. The maximum Gasteiger partial charge on any atom is 0.338 e. The molecule has 0 aliphatic heterocycles. The molecule has 1 aliphatic rings. The molecule has 2 rings (SSSR count). The molecule has 0 aromatic heterocycles. The van der Waals surface area contributed by atoms with E-state index in [4.69, 9.17) is 0 Å². The number of hydrogen-bond acceptors (Lipinski definition) is 6. The Kier molecular flexibility index (Phi) is 7.54. The first-order chi connectivity index (χ1) is 10.9. The number of hydrogen-bond donors (Lipinski definition) is 2. The third-order valence-corrected chi connectivity index (χ3v) is 3.49. The smallest absolute Gasteiger partial charge is 0.338 e. The van der Waals surface area contributed by atoms with Gasteiger partial charge < -0.3 is 19.9 Å². The Morgan fingerprint density at radius 3 is 2.09 bits per heavy atom. The first kappa shape index (κ1) is 19.0. The topological polar surface area (TPSA) is 84.9 Å². The molecule has 1 aromatic rings. The minimum absolute atomic E-state index is 0.0237. The second kappa shape index (κ2) is 9.15. The van der Waals surface area contributed by atoms with Gasteiger partial charge >= 0.3 is 11.9 Å².